The van der Waals surface area contributed by atoms with Crippen LogP contribution < -0.4 is 10.5 Å². The zero-order valence-corrected chi connectivity index (χ0v) is 11.9. The molecule has 3 nitrogen and oxygen atoms in total. The first-order valence-corrected chi connectivity index (χ1v) is 6.64. The van der Waals surface area contributed by atoms with Crippen molar-refractivity contribution in [3.63, 3.8) is 0 Å². The fourth-order valence-electron chi connectivity index (χ4n) is 3.05. The lowest BCUT2D eigenvalue weighted by Gasteiger charge is -2.40. The van der Waals surface area contributed by atoms with Crippen LogP contribution in [0.4, 0.5) is 0 Å². The molecule has 2 rings (SSSR count). The number of rotatable bonds is 2. The molecular weight excluding hydrogens is 224 g/mol. The predicted octanol–water partition coefficient (Wildman–Crippen LogP) is 2.19. The van der Waals surface area contributed by atoms with Gasteiger partial charge >= 0.3 is 0 Å². The van der Waals surface area contributed by atoms with E-state index in [1.165, 1.54) is 16.7 Å². The average molecular weight is 248 g/mol. The van der Waals surface area contributed by atoms with E-state index >= 15 is 0 Å². The second-order valence-corrected chi connectivity index (χ2v) is 5.49. The average Bonchev–Trinajstić information content (AvgIpc) is 2.54. The van der Waals surface area contributed by atoms with Gasteiger partial charge in [-0.3, -0.25) is 4.90 Å². The molecule has 0 saturated heterocycles. The second kappa shape index (κ2) is 4.90. The van der Waals surface area contributed by atoms with E-state index in [-0.39, 0.29) is 5.54 Å². The number of fused-ring (bicyclic) bond motifs is 1. The molecule has 0 aliphatic carbocycles. The minimum absolute atomic E-state index is 0.0953. The number of hydrogen-bond acceptors (Lipinski definition) is 3. The fourth-order valence-corrected chi connectivity index (χ4v) is 3.05. The van der Waals surface area contributed by atoms with Gasteiger partial charge in [0.15, 0.2) is 0 Å². The smallest absolute Gasteiger partial charge is 0.127 e. The van der Waals surface area contributed by atoms with Crippen LogP contribution in [-0.2, 0) is 5.54 Å². The Morgan fingerprint density at radius 3 is 2.56 bits per heavy atom. The lowest BCUT2D eigenvalue weighted by molar-refractivity contribution is 0.146. The van der Waals surface area contributed by atoms with E-state index in [1.807, 2.05) is 0 Å². The maximum atomic E-state index is 6.15. The summed E-state index contributed by atoms with van der Waals surface area (Å²) in [6.45, 7) is 5.68. The third kappa shape index (κ3) is 1.91. The monoisotopic (exact) mass is 248 g/mol. The molecule has 3 heteroatoms. The number of ether oxygens (including phenoxy) is 1. The summed E-state index contributed by atoms with van der Waals surface area (Å²) < 4.78 is 5.99. The van der Waals surface area contributed by atoms with Gasteiger partial charge in [-0.05, 0) is 51.9 Å². The molecular formula is C15H24N2O. The van der Waals surface area contributed by atoms with Crippen LogP contribution in [0.2, 0.25) is 0 Å². The second-order valence-electron chi connectivity index (χ2n) is 5.49. The lowest BCUT2D eigenvalue weighted by atomic mass is 9.81. The first-order valence-electron chi connectivity index (χ1n) is 6.64. The first-order chi connectivity index (χ1) is 8.53. The maximum absolute atomic E-state index is 6.15. The molecule has 0 fully saturated rings. The lowest BCUT2D eigenvalue weighted by Crippen LogP contribution is -2.47. The van der Waals surface area contributed by atoms with E-state index in [1.54, 1.807) is 0 Å². The third-order valence-electron chi connectivity index (χ3n) is 4.20. The number of likely N-dealkylation sites (N-methyl/N-ethyl adjacent to an activating group) is 1. The van der Waals surface area contributed by atoms with Gasteiger partial charge in [0.1, 0.15) is 5.75 Å². The molecule has 0 aromatic heterocycles. The minimum atomic E-state index is -0.0953. The van der Waals surface area contributed by atoms with E-state index in [9.17, 15) is 0 Å². The number of hydrogen-bond donors (Lipinski definition) is 1. The van der Waals surface area contributed by atoms with Crippen molar-refractivity contribution in [2.45, 2.75) is 32.2 Å². The summed E-state index contributed by atoms with van der Waals surface area (Å²) in [5.41, 5.74) is 9.82. The van der Waals surface area contributed by atoms with Crippen LogP contribution in [-0.4, -0.2) is 32.1 Å². The summed E-state index contributed by atoms with van der Waals surface area (Å²) in [5, 5.41) is 0. The SMILES string of the molecule is Cc1ccc(C)c2c1OCCCC2(CN)N(C)C. The van der Waals surface area contributed by atoms with Gasteiger partial charge in [-0.15, -0.1) is 0 Å². The Bertz CT molecular complexity index is 442. The minimum Gasteiger partial charge on any atom is -0.493 e. The van der Waals surface area contributed by atoms with Crippen molar-refractivity contribution in [2.24, 2.45) is 5.73 Å². The van der Waals surface area contributed by atoms with Crippen LogP contribution in [0.3, 0.4) is 0 Å². The molecule has 1 heterocycles. The summed E-state index contributed by atoms with van der Waals surface area (Å²) >= 11 is 0. The summed E-state index contributed by atoms with van der Waals surface area (Å²) in [6, 6.07) is 4.31. The van der Waals surface area contributed by atoms with Gasteiger partial charge in [0.2, 0.25) is 0 Å². The van der Waals surface area contributed by atoms with Crippen LogP contribution in [0.5, 0.6) is 5.75 Å². The summed E-state index contributed by atoms with van der Waals surface area (Å²) in [4.78, 5) is 2.26. The summed E-state index contributed by atoms with van der Waals surface area (Å²) in [5.74, 6) is 1.05. The molecule has 1 aromatic carbocycles. The molecule has 1 aromatic rings. The summed E-state index contributed by atoms with van der Waals surface area (Å²) in [7, 11) is 4.23. The Morgan fingerprint density at radius 2 is 1.94 bits per heavy atom. The van der Waals surface area contributed by atoms with Crippen LogP contribution in [0.25, 0.3) is 0 Å². The number of nitrogens with zero attached hydrogens (tertiary/aromatic N) is 1. The van der Waals surface area contributed by atoms with E-state index < -0.39 is 0 Å². The van der Waals surface area contributed by atoms with Crippen molar-refractivity contribution in [3.8, 4) is 5.75 Å². The molecule has 0 radical (unpaired) electrons. The quantitative estimate of drug-likeness (QED) is 0.872. The Kier molecular flexibility index (Phi) is 3.64. The highest BCUT2D eigenvalue weighted by molar-refractivity contribution is 5.50. The van der Waals surface area contributed by atoms with Crippen molar-refractivity contribution in [2.75, 3.05) is 27.2 Å². The highest BCUT2D eigenvalue weighted by atomic mass is 16.5. The van der Waals surface area contributed by atoms with Crippen molar-refractivity contribution < 1.29 is 4.74 Å². The topological polar surface area (TPSA) is 38.5 Å². The van der Waals surface area contributed by atoms with Gasteiger partial charge in [0, 0.05) is 12.1 Å². The van der Waals surface area contributed by atoms with E-state index in [4.69, 9.17) is 10.5 Å². The largest absolute Gasteiger partial charge is 0.493 e. The fraction of sp³-hybridized carbons (Fsp3) is 0.600. The molecule has 2 N–H and O–H groups in total. The zero-order valence-electron chi connectivity index (χ0n) is 11.9. The van der Waals surface area contributed by atoms with E-state index in [0.29, 0.717) is 6.54 Å². The van der Waals surface area contributed by atoms with Gasteiger partial charge in [0.05, 0.1) is 12.1 Å². The van der Waals surface area contributed by atoms with Crippen LogP contribution in [0, 0.1) is 13.8 Å². The van der Waals surface area contributed by atoms with Gasteiger partial charge in [-0.25, -0.2) is 0 Å². The molecule has 0 spiro atoms. The standard InChI is InChI=1S/C15H24N2O/c1-11-6-7-12(2)14-13(11)15(10-16,17(3)4)8-5-9-18-14/h6-7H,5,8-10,16H2,1-4H3. The number of aryl methyl sites for hydroxylation is 2. The van der Waals surface area contributed by atoms with Gasteiger partial charge in [-0.2, -0.15) is 0 Å². The van der Waals surface area contributed by atoms with E-state index in [0.717, 1.165) is 25.2 Å². The molecule has 0 saturated carbocycles. The molecule has 1 atom stereocenters. The van der Waals surface area contributed by atoms with Crippen LogP contribution in [0.15, 0.2) is 12.1 Å². The van der Waals surface area contributed by atoms with Crippen LogP contribution >= 0.6 is 0 Å². The molecule has 1 aliphatic rings. The molecule has 0 bridgehead atoms. The number of nitrogens with two attached hydrogens (primary N) is 1. The normalized spacial score (nSPS) is 23.4. The van der Waals surface area contributed by atoms with Crippen molar-refractivity contribution in [1.29, 1.82) is 0 Å². The molecule has 18 heavy (non-hydrogen) atoms. The Labute approximate surface area is 110 Å². The first kappa shape index (κ1) is 13.4. The molecule has 1 unspecified atom stereocenters. The van der Waals surface area contributed by atoms with Crippen molar-refractivity contribution in [1.82, 2.24) is 4.90 Å². The van der Waals surface area contributed by atoms with Crippen molar-refractivity contribution in [3.05, 3.63) is 28.8 Å². The van der Waals surface area contributed by atoms with Gasteiger partial charge in [0.25, 0.3) is 0 Å². The molecule has 1 aliphatic heterocycles. The third-order valence-corrected chi connectivity index (χ3v) is 4.20. The molecule has 100 valence electrons. The van der Waals surface area contributed by atoms with Gasteiger partial charge < -0.3 is 10.5 Å². The van der Waals surface area contributed by atoms with Crippen molar-refractivity contribution >= 4 is 0 Å². The zero-order chi connectivity index (χ0) is 13.3. The van der Waals surface area contributed by atoms with E-state index in [2.05, 4.69) is 45.0 Å². The highest BCUT2D eigenvalue weighted by Gasteiger charge is 2.38. The number of benzene rings is 1. The highest BCUT2D eigenvalue weighted by Crippen LogP contribution is 2.42. The Morgan fingerprint density at radius 1 is 1.28 bits per heavy atom. The van der Waals surface area contributed by atoms with Gasteiger partial charge in [-0.1, -0.05) is 12.1 Å². The Hall–Kier alpha value is -1.06. The molecule has 0 amide bonds. The summed E-state index contributed by atoms with van der Waals surface area (Å²) in [6.07, 6.45) is 2.09. The Balaban J connectivity index is 2.70. The van der Waals surface area contributed by atoms with Crippen LogP contribution in [0.1, 0.15) is 29.5 Å². The predicted molar refractivity (Wildman–Crippen MR) is 75.1 cm³/mol. The maximum Gasteiger partial charge on any atom is 0.127 e.